The predicted octanol–water partition coefficient (Wildman–Crippen LogP) is 9.01. The maximum atomic E-state index is 14.0. The molecule has 0 saturated heterocycles. The molecule has 0 N–H and O–H groups in total. The van der Waals surface area contributed by atoms with Crippen LogP contribution in [0.3, 0.4) is 0 Å². The second-order valence-corrected chi connectivity index (χ2v) is 17.7. The maximum Gasteiger partial charge on any atom is 0.209 e. The third-order valence-corrected chi connectivity index (χ3v) is 13.0. The van der Waals surface area contributed by atoms with Crippen molar-refractivity contribution in [3.63, 3.8) is 0 Å². The molecular formula is C52H61N3O4. The molecule has 3 aromatic rings. The zero-order valence-corrected chi connectivity index (χ0v) is 36.5. The Morgan fingerprint density at radius 1 is 0.576 bits per heavy atom. The monoisotopic (exact) mass is 791 g/mol. The van der Waals surface area contributed by atoms with Crippen LogP contribution in [0, 0.1) is 0 Å². The summed E-state index contributed by atoms with van der Waals surface area (Å²) < 4.78 is 4.50. The third kappa shape index (κ3) is 7.25. The van der Waals surface area contributed by atoms with Crippen molar-refractivity contribution in [1.29, 1.82) is 0 Å². The highest BCUT2D eigenvalue weighted by atomic mass is 16.3. The zero-order chi connectivity index (χ0) is 42.2. The topological polar surface area (TPSA) is 89.5 Å². The van der Waals surface area contributed by atoms with Gasteiger partial charge in [-0.3, -0.25) is 9.59 Å². The Kier molecular flexibility index (Phi) is 11.9. The van der Waals surface area contributed by atoms with Gasteiger partial charge in [-0.1, -0.05) is 95.2 Å². The summed E-state index contributed by atoms with van der Waals surface area (Å²) in [7, 11) is 0. The Morgan fingerprint density at radius 3 is 1.54 bits per heavy atom. The van der Waals surface area contributed by atoms with Crippen LogP contribution in [0.15, 0.2) is 102 Å². The first-order valence-electron chi connectivity index (χ1n) is 22.1. The molecule has 0 unspecified atom stereocenters. The zero-order valence-electron chi connectivity index (χ0n) is 36.5. The smallest absolute Gasteiger partial charge is 0.209 e. The van der Waals surface area contributed by atoms with E-state index in [-0.39, 0.29) is 50.8 Å². The molecule has 0 aromatic heterocycles. The van der Waals surface area contributed by atoms with E-state index in [2.05, 4.69) is 81.6 Å². The number of ketones is 2. The second-order valence-electron chi connectivity index (χ2n) is 17.7. The first kappa shape index (κ1) is 41.8. The third-order valence-electron chi connectivity index (χ3n) is 13.0. The summed E-state index contributed by atoms with van der Waals surface area (Å²) in [6.45, 7) is 20.7. The highest BCUT2D eigenvalue weighted by Gasteiger charge is 2.48. The molecule has 0 amide bonds. The Labute approximate surface area is 351 Å². The average Bonchev–Trinajstić information content (AvgIpc) is 3.58. The number of rotatable bonds is 17. The van der Waals surface area contributed by atoms with E-state index in [9.17, 15) is 19.8 Å². The lowest BCUT2D eigenvalue weighted by atomic mass is 9.75. The molecule has 0 saturated carbocycles. The van der Waals surface area contributed by atoms with Gasteiger partial charge in [-0.2, -0.15) is 9.15 Å². The Bertz CT molecular complexity index is 2370. The van der Waals surface area contributed by atoms with Gasteiger partial charge in [-0.05, 0) is 75.9 Å². The van der Waals surface area contributed by atoms with Gasteiger partial charge in [0.2, 0.25) is 11.4 Å². The normalized spacial score (nSPS) is 19.3. The number of nitrogens with zero attached hydrogens (tertiary/aromatic N) is 3. The van der Waals surface area contributed by atoms with Crippen LogP contribution in [0.4, 0.5) is 17.1 Å². The van der Waals surface area contributed by atoms with Crippen molar-refractivity contribution >= 4 is 51.2 Å². The van der Waals surface area contributed by atoms with Crippen molar-refractivity contribution in [2.75, 3.05) is 31.1 Å². The number of Topliss-reactive ketones (excluding diaryl/α,β-unsaturated/α-hetero) is 2. The van der Waals surface area contributed by atoms with Crippen molar-refractivity contribution in [3.8, 4) is 0 Å². The van der Waals surface area contributed by atoms with Gasteiger partial charge in [0.15, 0.2) is 23.0 Å². The molecule has 0 fully saturated rings. The lowest BCUT2D eigenvalue weighted by Crippen LogP contribution is -2.34. The Balaban J connectivity index is 1.20. The van der Waals surface area contributed by atoms with Gasteiger partial charge in [0.25, 0.3) is 0 Å². The van der Waals surface area contributed by atoms with E-state index in [1.54, 1.807) is 6.08 Å². The number of unbranched alkanes of at least 4 members (excludes halogenated alkanes) is 4. The van der Waals surface area contributed by atoms with Gasteiger partial charge >= 0.3 is 0 Å². The van der Waals surface area contributed by atoms with Crippen molar-refractivity contribution in [2.24, 2.45) is 0 Å². The van der Waals surface area contributed by atoms with E-state index in [0.717, 1.165) is 105 Å². The summed E-state index contributed by atoms with van der Waals surface area (Å²) in [6, 6.07) is 22.1. The van der Waals surface area contributed by atoms with Crippen LogP contribution in [0.1, 0.15) is 129 Å². The van der Waals surface area contributed by atoms with Crippen LogP contribution in [0.5, 0.6) is 0 Å². The van der Waals surface area contributed by atoms with Gasteiger partial charge in [-0.15, -0.1) is 0 Å². The fourth-order valence-corrected chi connectivity index (χ4v) is 9.30. The molecule has 7 rings (SSSR count). The maximum absolute atomic E-state index is 14.0. The summed E-state index contributed by atoms with van der Waals surface area (Å²) in [5.74, 6) is -0.920. The molecule has 0 atom stereocenters. The summed E-state index contributed by atoms with van der Waals surface area (Å²) in [6.07, 6.45) is 12.0. The lowest BCUT2D eigenvalue weighted by Gasteiger charge is -2.32. The fourth-order valence-electron chi connectivity index (χ4n) is 9.30. The van der Waals surface area contributed by atoms with E-state index in [1.165, 1.54) is 5.56 Å². The molecule has 2 aliphatic heterocycles. The van der Waals surface area contributed by atoms with Crippen molar-refractivity contribution < 1.29 is 29.0 Å². The van der Waals surface area contributed by atoms with Gasteiger partial charge < -0.3 is 15.1 Å². The molecule has 2 heterocycles. The average molecular weight is 792 g/mol. The largest absolute Gasteiger partial charge is 0.871 e. The minimum Gasteiger partial charge on any atom is -0.871 e. The number of hydrogen-bond donors (Lipinski definition) is 0. The first-order valence-corrected chi connectivity index (χ1v) is 22.1. The van der Waals surface area contributed by atoms with E-state index in [0.29, 0.717) is 17.7 Å². The number of hydrogen-bond acceptors (Lipinski definition) is 5. The van der Waals surface area contributed by atoms with Gasteiger partial charge in [0.05, 0.1) is 10.8 Å². The van der Waals surface area contributed by atoms with E-state index in [4.69, 9.17) is 0 Å². The SMILES string of the molecule is CCCCN(CCCC)c1ccc(C2=C([O-])/C(=C/C3=[N+](CCCC)c4ccc(C5=C([O-])/C(=C/C6=[N+](CCCC)c7ccccc7C6(C)C)C5=O)cc4C3(C)C)C2=O)cc1. The Morgan fingerprint density at radius 2 is 1.03 bits per heavy atom. The van der Waals surface area contributed by atoms with E-state index < -0.39 is 5.41 Å². The first-order chi connectivity index (χ1) is 28.3. The number of benzene rings is 3. The highest BCUT2D eigenvalue weighted by Crippen LogP contribution is 2.46. The molecule has 4 aliphatic rings. The number of carbonyl (C=O) groups is 2. The van der Waals surface area contributed by atoms with Gasteiger partial charge in [0, 0.05) is 89.3 Å². The van der Waals surface area contributed by atoms with Crippen LogP contribution in [0.2, 0.25) is 0 Å². The quantitative estimate of drug-likeness (QED) is 0.101. The molecule has 2 aliphatic carbocycles. The fraction of sp³-hybridized carbons (Fsp3) is 0.423. The summed E-state index contributed by atoms with van der Waals surface area (Å²) >= 11 is 0. The van der Waals surface area contributed by atoms with Crippen molar-refractivity contribution in [3.05, 3.63) is 124 Å². The van der Waals surface area contributed by atoms with Crippen LogP contribution < -0.4 is 15.1 Å². The minimum absolute atomic E-state index is 0.199. The molecular weight excluding hydrogens is 731 g/mol. The molecule has 3 aromatic carbocycles. The molecule has 308 valence electrons. The molecule has 7 nitrogen and oxygen atoms in total. The van der Waals surface area contributed by atoms with Crippen molar-refractivity contribution in [1.82, 2.24) is 0 Å². The van der Waals surface area contributed by atoms with Crippen LogP contribution in [-0.2, 0) is 20.4 Å². The molecule has 7 heteroatoms. The van der Waals surface area contributed by atoms with Crippen LogP contribution in [0.25, 0.3) is 11.1 Å². The number of carbonyl (C=O) groups excluding carboxylic acids is 2. The number of allylic oxidation sites excluding steroid dienone is 6. The number of anilines is 1. The number of para-hydroxylation sites is 1. The molecule has 0 spiro atoms. The van der Waals surface area contributed by atoms with Gasteiger partial charge in [0.1, 0.15) is 13.1 Å². The lowest BCUT2D eigenvalue weighted by molar-refractivity contribution is -0.438. The second kappa shape index (κ2) is 16.8. The van der Waals surface area contributed by atoms with Crippen LogP contribution in [-0.4, -0.2) is 58.3 Å². The predicted molar refractivity (Wildman–Crippen MR) is 237 cm³/mol. The summed E-state index contributed by atoms with van der Waals surface area (Å²) in [4.78, 5) is 30.2. The van der Waals surface area contributed by atoms with Crippen LogP contribution >= 0.6 is 0 Å². The minimum atomic E-state index is -0.602. The summed E-state index contributed by atoms with van der Waals surface area (Å²) in [5.41, 5.74) is 8.42. The highest BCUT2D eigenvalue weighted by molar-refractivity contribution is 6.41. The Hall–Kier alpha value is -5.30. The number of fused-ring (bicyclic) bond motifs is 2. The van der Waals surface area contributed by atoms with Gasteiger partial charge in [-0.25, -0.2) is 0 Å². The molecule has 0 bridgehead atoms. The molecule has 0 radical (unpaired) electrons. The van der Waals surface area contributed by atoms with E-state index in [1.807, 2.05) is 60.7 Å². The molecule has 59 heavy (non-hydrogen) atoms. The van der Waals surface area contributed by atoms with Crippen molar-refractivity contribution in [2.45, 2.75) is 118 Å². The van der Waals surface area contributed by atoms with E-state index >= 15 is 0 Å². The summed E-state index contributed by atoms with van der Waals surface area (Å²) in [5, 5.41) is 27.8. The standard InChI is InChI=1S/C52H61N3O4/c1-9-13-27-53(28-14-10-2)36-24-21-34(22-25-36)45-47(56)37(48(45)57)33-44-52(7,8)40-31-35(23-26-42(40)55(44)30-16-12-4)46-49(58)38(50(46)59)32-43-51(5,6)39-19-17-18-20-41(39)54(43)29-15-11-3/h17-26,31-33H,9-16,27-30H2,1-8H3.